The van der Waals surface area contributed by atoms with Crippen LogP contribution in [-0.2, 0) is 19.1 Å². The van der Waals surface area contributed by atoms with Crippen LogP contribution in [-0.4, -0.2) is 30.7 Å². The maximum absolute atomic E-state index is 10.5. The molecule has 0 N–H and O–H groups in total. The summed E-state index contributed by atoms with van der Waals surface area (Å²) in [5.74, 6) is -1.79. The van der Waals surface area contributed by atoms with Crippen LogP contribution in [0.2, 0.25) is 0 Å². The summed E-state index contributed by atoms with van der Waals surface area (Å²) in [6.07, 6.45) is 0. The molecule has 2 rings (SSSR count). The number of carbonyl (C=O) groups excluding carboxylic acids is 2. The molecule has 0 saturated carbocycles. The minimum absolute atomic E-state index is 0.308. The Bertz CT molecular complexity index is 226. The Balaban J connectivity index is 2.20. The van der Waals surface area contributed by atoms with Crippen molar-refractivity contribution in [2.45, 2.75) is 18.4 Å². The second-order valence-corrected chi connectivity index (χ2v) is 2.57. The third-order valence-electron chi connectivity index (χ3n) is 1.65. The van der Waals surface area contributed by atoms with Gasteiger partial charge in [0.1, 0.15) is 11.5 Å². The molecule has 0 aliphatic carbocycles. The van der Waals surface area contributed by atoms with Gasteiger partial charge in [-0.15, -0.1) is 0 Å². The lowest BCUT2D eigenvalue weighted by Gasteiger charge is -2.18. The second-order valence-electron chi connectivity index (χ2n) is 2.57. The van der Waals surface area contributed by atoms with E-state index in [4.69, 9.17) is 4.74 Å². The van der Waals surface area contributed by atoms with E-state index < -0.39 is 17.4 Å². The van der Waals surface area contributed by atoms with Crippen molar-refractivity contribution < 1.29 is 19.1 Å². The fourth-order valence-electron chi connectivity index (χ4n) is 0.900. The first-order valence-corrected chi connectivity index (χ1v) is 2.92. The Morgan fingerprint density at radius 1 is 1.50 bits per heavy atom. The molecule has 2 saturated heterocycles. The van der Waals surface area contributed by atoms with Crippen LogP contribution in [0, 0.1) is 0 Å². The molecule has 0 spiro atoms. The van der Waals surface area contributed by atoms with Gasteiger partial charge in [0.2, 0.25) is 7.28 Å². The summed E-state index contributed by atoms with van der Waals surface area (Å²) in [5.41, 5.74) is -0.620. The first kappa shape index (κ1) is 5.76. The van der Waals surface area contributed by atoms with Gasteiger partial charge in [-0.05, 0) is 6.92 Å². The van der Waals surface area contributed by atoms with Crippen molar-refractivity contribution in [3.05, 3.63) is 0 Å². The molecule has 0 aromatic rings. The monoisotopic (exact) mass is 139 g/mol. The summed E-state index contributed by atoms with van der Waals surface area (Å²) in [5, 5.41) is 0. The number of hydrogen-bond acceptors (Lipinski definition) is 4. The summed E-state index contributed by atoms with van der Waals surface area (Å²) in [6, 6.07) is -0.308. The maximum Gasteiger partial charge on any atom is 0.417 e. The van der Waals surface area contributed by atoms with Crippen LogP contribution in [0.1, 0.15) is 6.92 Å². The minimum atomic E-state index is -0.896. The Morgan fingerprint density at radius 2 is 2.20 bits per heavy atom. The largest absolute Gasteiger partial charge is 0.460 e. The van der Waals surface area contributed by atoms with Crippen LogP contribution in [0.15, 0.2) is 0 Å². The second kappa shape index (κ2) is 1.36. The highest BCUT2D eigenvalue weighted by atomic mass is 16.7. The van der Waals surface area contributed by atoms with Crippen molar-refractivity contribution in [3.63, 3.8) is 0 Å². The molecule has 2 aliphatic heterocycles. The Labute approximate surface area is 57.7 Å². The van der Waals surface area contributed by atoms with Gasteiger partial charge in [-0.3, -0.25) is 0 Å². The molecule has 1 radical (unpaired) electrons. The molecular weight excluding hydrogens is 135 g/mol. The van der Waals surface area contributed by atoms with Crippen LogP contribution in [0.3, 0.4) is 0 Å². The van der Waals surface area contributed by atoms with Gasteiger partial charge in [-0.1, -0.05) is 0 Å². The summed E-state index contributed by atoms with van der Waals surface area (Å²) < 4.78 is 9.30. The molecule has 0 aromatic carbocycles. The average Bonchev–Trinajstić information content (AvgIpc) is 2.41. The highest BCUT2D eigenvalue weighted by molar-refractivity contribution is 6.58. The molecule has 0 amide bonds. The fourth-order valence-corrected chi connectivity index (χ4v) is 0.900. The summed E-state index contributed by atoms with van der Waals surface area (Å²) in [7, 11) is 1.66. The van der Waals surface area contributed by atoms with E-state index in [-0.39, 0.29) is 6.00 Å². The van der Waals surface area contributed by atoms with E-state index in [0.29, 0.717) is 0 Å². The van der Waals surface area contributed by atoms with Crippen molar-refractivity contribution in [3.8, 4) is 0 Å². The van der Waals surface area contributed by atoms with E-state index >= 15 is 0 Å². The minimum Gasteiger partial charge on any atom is -0.460 e. The highest BCUT2D eigenvalue weighted by Gasteiger charge is 2.62. The van der Waals surface area contributed by atoms with Crippen LogP contribution < -0.4 is 0 Å². The van der Waals surface area contributed by atoms with E-state index in [1.807, 2.05) is 0 Å². The normalized spacial score (nSPS) is 42.7. The number of fused-ring (bicyclic) bond motifs is 1. The molecular formula is C5H4BO4. The van der Waals surface area contributed by atoms with Crippen LogP contribution in [0.5, 0.6) is 0 Å². The lowest BCUT2D eigenvalue weighted by molar-refractivity contribution is -0.183. The zero-order valence-electron chi connectivity index (χ0n) is 5.29. The third kappa shape index (κ3) is 0.573. The van der Waals surface area contributed by atoms with Gasteiger partial charge in [0.05, 0.1) is 0 Å². The van der Waals surface area contributed by atoms with Gasteiger partial charge in [0.15, 0.2) is 0 Å². The Morgan fingerprint density at radius 3 is 2.80 bits per heavy atom. The van der Waals surface area contributed by atoms with E-state index in [1.165, 1.54) is 0 Å². The van der Waals surface area contributed by atoms with Gasteiger partial charge >= 0.3 is 11.9 Å². The predicted octanol–water partition coefficient (Wildman–Crippen LogP) is -1.15. The zero-order chi connectivity index (χ0) is 7.35. The van der Waals surface area contributed by atoms with Crippen molar-refractivity contribution in [1.29, 1.82) is 0 Å². The number of rotatable bonds is 0. The Hall–Kier alpha value is -0.995. The first-order valence-electron chi connectivity index (χ1n) is 2.92. The lowest BCUT2D eigenvalue weighted by atomic mass is 10.0. The van der Waals surface area contributed by atoms with Gasteiger partial charge < -0.3 is 9.47 Å². The van der Waals surface area contributed by atoms with Crippen molar-refractivity contribution in [1.82, 2.24) is 0 Å². The third-order valence-corrected chi connectivity index (χ3v) is 1.65. The molecule has 2 atom stereocenters. The molecule has 5 heteroatoms. The molecule has 0 bridgehead atoms. The van der Waals surface area contributed by atoms with Gasteiger partial charge in [0, 0.05) is 0 Å². The molecule has 0 aromatic heterocycles. The lowest BCUT2D eigenvalue weighted by Crippen LogP contribution is -2.35. The molecule has 2 heterocycles. The van der Waals surface area contributed by atoms with Crippen molar-refractivity contribution in [2.24, 2.45) is 0 Å². The standard InChI is InChI=1S/C5H4BO4/c1-5-4(6-5)9-2(7)3(8)10-5/h4H,1H3. The topological polar surface area (TPSA) is 52.6 Å². The van der Waals surface area contributed by atoms with Crippen LogP contribution in [0.25, 0.3) is 0 Å². The summed E-state index contributed by atoms with van der Waals surface area (Å²) in [6.45, 7) is 1.70. The number of ether oxygens (including phenoxy) is 2. The fraction of sp³-hybridized carbons (Fsp3) is 0.600. The highest BCUT2D eigenvalue weighted by Crippen LogP contribution is 2.36. The van der Waals surface area contributed by atoms with Crippen LogP contribution in [0.4, 0.5) is 0 Å². The smallest absolute Gasteiger partial charge is 0.417 e. The van der Waals surface area contributed by atoms with Gasteiger partial charge in [-0.25, -0.2) is 9.59 Å². The van der Waals surface area contributed by atoms with E-state index in [9.17, 15) is 9.59 Å². The summed E-state index contributed by atoms with van der Waals surface area (Å²) in [4.78, 5) is 21.0. The molecule has 51 valence electrons. The van der Waals surface area contributed by atoms with Crippen molar-refractivity contribution >= 4 is 19.2 Å². The molecule has 2 unspecified atom stereocenters. The van der Waals surface area contributed by atoms with E-state index in [0.717, 1.165) is 0 Å². The van der Waals surface area contributed by atoms with Gasteiger partial charge in [0.25, 0.3) is 0 Å². The number of hydrogen-bond donors (Lipinski definition) is 0. The molecule has 10 heavy (non-hydrogen) atoms. The van der Waals surface area contributed by atoms with E-state index in [1.54, 1.807) is 14.2 Å². The average molecular weight is 139 g/mol. The predicted molar refractivity (Wildman–Crippen MR) is 30.1 cm³/mol. The van der Waals surface area contributed by atoms with Gasteiger partial charge in [-0.2, -0.15) is 0 Å². The molecule has 2 aliphatic rings. The molecule has 4 nitrogen and oxygen atoms in total. The zero-order valence-corrected chi connectivity index (χ0v) is 5.29. The van der Waals surface area contributed by atoms with Crippen molar-refractivity contribution in [2.75, 3.05) is 0 Å². The van der Waals surface area contributed by atoms with Crippen LogP contribution >= 0.6 is 0 Å². The number of carbonyl (C=O) groups is 2. The maximum atomic E-state index is 10.5. The summed E-state index contributed by atoms with van der Waals surface area (Å²) >= 11 is 0. The number of esters is 2. The first-order chi connectivity index (χ1) is 4.62. The quantitative estimate of drug-likeness (QED) is 0.241. The Kier molecular flexibility index (Phi) is 0.783. The van der Waals surface area contributed by atoms with E-state index in [2.05, 4.69) is 4.74 Å². The SMILES string of the molecule is CC12[B]C1OC(=O)C(=O)O2. The molecule has 2 fully saturated rings.